The number of hydrogen-bond donors (Lipinski definition) is 1. The Balaban J connectivity index is 2.16. The van der Waals surface area contributed by atoms with E-state index in [0.29, 0.717) is 12.7 Å². The van der Waals surface area contributed by atoms with Crippen LogP contribution in [0.15, 0.2) is 18.2 Å². The molecule has 0 spiro atoms. The molecule has 15 heavy (non-hydrogen) atoms. The van der Waals surface area contributed by atoms with Crippen molar-refractivity contribution >= 4 is 0 Å². The third kappa shape index (κ3) is 2.61. The molecule has 0 unspecified atom stereocenters. The highest BCUT2D eigenvalue weighted by molar-refractivity contribution is 5.43. The molecule has 1 aromatic carbocycles. The van der Waals surface area contributed by atoms with Crippen molar-refractivity contribution in [1.29, 1.82) is 0 Å². The lowest BCUT2D eigenvalue weighted by molar-refractivity contribution is 0.123. The van der Waals surface area contributed by atoms with E-state index in [1.165, 1.54) is 0 Å². The maximum Gasteiger partial charge on any atom is 0.161 e. The summed E-state index contributed by atoms with van der Waals surface area (Å²) in [4.78, 5) is 4.58. The molecule has 1 aliphatic rings. The van der Waals surface area contributed by atoms with Gasteiger partial charge in [-0.05, 0) is 30.5 Å². The van der Waals surface area contributed by atoms with Crippen molar-refractivity contribution in [2.75, 3.05) is 7.11 Å². The molecule has 0 heterocycles. The molecular formula is C11H15NO3. The zero-order valence-corrected chi connectivity index (χ0v) is 8.73. The van der Waals surface area contributed by atoms with Crippen molar-refractivity contribution in [3.8, 4) is 11.5 Å². The minimum atomic E-state index is 0.355. The maximum absolute atomic E-state index is 5.71. The van der Waals surface area contributed by atoms with Crippen LogP contribution in [0.2, 0.25) is 0 Å². The van der Waals surface area contributed by atoms with Crippen LogP contribution in [0.1, 0.15) is 18.4 Å². The molecule has 2 N–H and O–H groups in total. The first-order valence-corrected chi connectivity index (χ1v) is 4.98. The van der Waals surface area contributed by atoms with Crippen LogP contribution in [-0.4, -0.2) is 13.2 Å². The fraction of sp³-hybridized carbons (Fsp3) is 0.455. The summed E-state index contributed by atoms with van der Waals surface area (Å²) >= 11 is 0. The Hall–Kier alpha value is -1.26. The van der Waals surface area contributed by atoms with E-state index < -0.39 is 0 Å². The second-order valence-corrected chi connectivity index (χ2v) is 3.61. The first kappa shape index (κ1) is 10.3. The lowest BCUT2D eigenvalue weighted by Crippen LogP contribution is -2.02. The lowest BCUT2D eigenvalue weighted by Gasteiger charge is -2.11. The molecule has 4 nitrogen and oxygen atoms in total. The van der Waals surface area contributed by atoms with E-state index in [-0.39, 0.29) is 0 Å². The number of methoxy groups -OCH3 is 1. The van der Waals surface area contributed by atoms with Crippen LogP contribution in [0.5, 0.6) is 11.5 Å². The van der Waals surface area contributed by atoms with Crippen LogP contribution in [0, 0.1) is 0 Å². The van der Waals surface area contributed by atoms with Gasteiger partial charge in [0.25, 0.3) is 0 Å². The molecule has 0 atom stereocenters. The van der Waals surface area contributed by atoms with Crippen molar-refractivity contribution in [3.63, 3.8) is 0 Å². The van der Waals surface area contributed by atoms with Gasteiger partial charge in [-0.1, -0.05) is 6.07 Å². The van der Waals surface area contributed by atoms with E-state index in [1.807, 2.05) is 18.2 Å². The van der Waals surface area contributed by atoms with Gasteiger partial charge < -0.3 is 9.47 Å². The lowest BCUT2D eigenvalue weighted by atomic mass is 10.2. The fourth-order valence-electron chi connectivity index (χ4n) is 1.36. The monoisotopic (exact) mass is 209 g/mol. The average molecular weight is 209 g/mol. The SMILES string of the molecule is COc1ccc(CON)cc1OC1CC1. The summed E-state index contributed by atoms with van der Waals surface area (Å²) in [5, 5.41) is 0. The molecule has 2 rings (SSSR count). The fourth-order valence-corrected chi connectivity index (χ4v) is 1.36. The van der Waals surface area contributed by atoms with E-state index in [4.69, 9.17) is 15.4 Å². The molecule has 1 saturated carbocycles. The number of rotatable bonds is 5. The first-order valence-electron chi connectivity index (χ1n) is 4.98. The quantitative estimate of drug-likeness (QED) is 0.749. The molecule has 0 saturated heterocycles. The van der Waals surface area contributed by atoms with Crippen LogP contribution in [0.4, 0.5) is 0 Å². The predicted molar refractivity (Wildman–Crippen MR) is 55.6 cm³/mol. The Bertz CT molecular complexity index is 337. The standard InChI is InChI=1S/C11H15NO3/c1-13-10-5-2-8(7-14-12)6-11(10)15-9-3-4-9/h2,5-6,9H,3-4,7,12H2,1H3. The molecular weight excluding hydrogens is 194 g/mol. The Labute approximate surface area is 88.9 Å². The van der Waals surface area contributed by atoms with Gasteiger partial charge in [-0.2, -0.15) is 0 Å². The van der Waals surface area contributed by atoms with E-state index in [1.54, 1.807) is 7.11 Å². The Morgan fingerprint density at radius 2 is 2.13 bits per heavy atom. The van der Waals surface area contributed by atoms with Gasteiger partial charge in [0.1, 0.15) is 0 Å². The predicted octanol–water partition coefficient (Wildman–Crippen LogP) is 1.63. The molecule has 0 amide bonds. The summed E-state index contributed by atoms with van der Waals surface area (Å²) < 4.78 is 10.9. The number of nitrogens with two attached hydrogens (primary N) is 1. The number of ether oxygens (including phenoxy) is 2. The molecule has 0 radical (unpaired) electrons. The molecule has 4 heteroatoms. The topological polar surface area (TPSA) is 53.7 Å². The van der Waals surface area contributed by atoms with Gasteiger partial charge in [0, 0.05) is 0 Å². The van der Waals surface area contributed by atoms with Crippen LogP contribution < -0.4 is 15.4 Å². The minimum absolute atomic E-state index is 0.355. The van der Waals surface area contributed by atoms with Crippen molar-refractivity contribution < 1.29 is 14.3 Å². The molecule has 1 fully saturated rings. The summed E-state index contributed by atoms with van der Waals surface area (Å²) in [6.45, 7) is 0.380. The van der Waals surface area contributed by atoms with Crippen LogP contribution in [-0.2, 0) is 11.4 Å². The van der Waals surface area contributed by atoms with Crippen molar-refractivity contribution in [3.05, 3.63) is 23.8 Å². The van der Waals surface area contributed by atoms with Crippen LogP contribution >= 0.6 is 0 Å². The van der Waals surface area contributed by atoms with Crippen molar-refractivity contribution in [2.45, 2.75) is 25.6 Å². The summed E-state index contributed by atoms with van der Waals surface area (Å²) in [5.74, 6) is 6.55. The Morgan fingerprint density at radius 3 is 2.73 bits per heavy atom. The molecule has 0 aromatic heterocycles. The van der Waals surface area contributed by atoms with Gasteiger partial charge in [-0.3, -0.25) is 4.84 Å². The summed E-state index contributed by atoms with van der Waals surface area (Å²) in [6.07, 6.45) is 2.61. The second-order valence-electron chi connectivity index (χ2n) is 3.61. The van der Waals surface area contributed by atoms with Gasteiger partial charge in [-0.15, -0.1) is 0 Å². The average Bonchev–Trinajstić information content (AvgIpc) is 3.03. The highest BCUT2D eigenvalue weighted by atomic mass is 16.6. The van der Waals surface area contributed by atoms with E-state index in [0.717, 1.165) is 29.9 Å². The van der Waals surface area contributed by atoms with Gasteiger partial charge >= 0.3 is 0 Å². The van der Waals surface area contributed by atoms with Crippen molar-refractivity contribution in [2.24, 2.45) is 5.90 Å². The van der Waals surface area contributed by atoms with Gasteiger partial charge in [0.05, 0.1) is 19.8 Å². The normalized spacial score (nSPS) is 15.1. The minimum Gasteiger partial charge on any atom is -0.493 e. The van der Waals surface area contributed by atoms with Gasteiger partial charge in [0.2, 0.25) is 0 Å². The Kier molecular flexibility index (Phi) is 3.08. The molecule has 82 valence electrons. The third-order valence-corrected chi connectivity index (χ3v) is 2.30. The van der Waals surface area contributed by atoms with Crippen molar-refractivity contribution in [1.82, 2.24) is 0 Å². The van der Waals surface area contributed by atoms with Gasteiger partial charge in [-0.25, -0.2) is 5.90 Å². The molecule has 0 aliphatic heterocycles. The second kappa shape index (κ2) is 4.51. The van der Waals surface area contributed by atoms with E-state index >= 15 is 0 Å². The highest BCUT2D eigenvalue weighted by Crippen LogP contribution is 2.34. The summed E-state index contributed by atoms with van der Waals surface area (Å²) in [7, 11) is 1.63. The molecule has 1 aliphatic carbocycles. The summed E-state index contributed by atoms with van der Waals surface area (Å²) in [5.41, 5.74) is 0.981. The zero-order valence-electron chi connectivity index (χ0n) is 8.73. The first-order chi connectivity index (χ1) is 7.33. The smallest absolute Gasteiger partial charge is 0.161 e. The zero-order chi connectivity index (χ0) is 10.7. The van der Waals surface area contributed by atoms with E-state index in [2.05, 4.69) is 4.84 Å². The van der Waals surface area contributed by atoms with Crippen LogP contribution in [0.3, 0.4) is 0 Å². The molecule has 1 aromatic rings. The third-order valence-electron chi connectivity index (χ3n) is 2.30. The summed E-state index contributed by atoms with van der Waals surface area (Å²) in [6, 6.07) is 5.68. The van der Waals surface area contributed by atoms with Crippen LogP contribution in [0.25, 0.3) is 0 Å². The number of benzene rings is 1. The van der Waals surface area contributed by atoms with Gasteiger partial charge in [0.15, 0.2) is 11.5 Å². The maximum atomic E-state index is 5.71. The number of hydrogen-bond acceptors (Lipinski definition) is 4. The molecule has 0 bridgehead atoms. The Morgan fingerprint density at radius 1 is 1.33 bits per heavy atom. The highest BCUT2D eigenvalue weighted by Gasteiger charge is 2.24. The van der Waals surface area contributed by atoms with E-state index in [9.17, 15) is 0 Å². The largest absolute Gasteiger partial charge is 0.493 e.